The molecule has 6 unspecified atom stereocenters. The highest BCUT2D eigenvalue weighted by Gasteiger charge is 2.50. The van der Waals surface area contributed by atoms with Crippen LogP contribution in [0.1, 0.15) is 164 Å². The quantitative estimate of drug-likeness (QED) is 0.0113. The molecule has 0 spiro atoms. The molecule has 125 heavy (non-hydrogen) atoms. The first-order valence-electron chi connectivity index (χ1n) is 43.0. The molecule has 34 nitrogen and oxygen atoms in total. The fraction of sp³-hybridized carbons (Fsp3) is 0.640. The van der Waals surface area contributed by atoms with Gasteiger partial charge in [0.25, 0.3) is 43.9 Å². The van der Waals surface area contributed by atoms with Crippen LogP contribution in [0.3, 0.4) is 0 Å². The van der Waals surface area contributed by atoms with E-state index in [9.17, 15) is 55.3 Å². The SMILES string of the molecule is CCC(C)[C@@H](C(CC(=O)N1CCC[C@H]1[C@H](OC)[C@@H](C)C(=O)C[C@@H](Cc1ccccc1)C(=O)O)OC)N(C)C(=O)[C@@H](CC(=O)[C@H](C(C)C)N(C)CCN(CCC1C[C@H]2C(CS(=O)(=O)O)Nc3cc(OCCCCCOc4cc5c(cc4C)C(=O)N4CC(C)C[C@H]4C(S(=O)(=O)OC)N5)c(OC)cc3C(=O)N2C1)P1(=O)NNC(=O)C=CSCSC=CC(=O)NN1)C(C)C. The third kappa shape index (κ3) is 26.3. The van der Waals surface area contributed by atoms with Gasteiger partial charge >= 0.3 is 13.6 Å². The average molecular weight is 1840 g/mol. The fourth-order valence-corrected chi connectivity index (χ4v) is 23.1. The first-order valence-corrected chi connectivity index (χ1v) is 49.8. The Hall–Kier alpha value is -7.72. The van der Waals surface area contributed by atoms with E-state index < -0.39 is 135 Å². The Morgan fingerprint density at radius 1 is 0.720 bits per heavy atom. The Morgan fingerprint density at radius 3 is 1.94 bits per heavy atom. The third-order valence-corrected chi connectivity index (χ3v) is 31.1. The van der Waals surface area contributed by atoms with E-state index >= 15 is 18.9 Å². The van der Waals surface area contributed by atoms with E-state index in [2.05, 4.69) is 31.9 Å². The smallest absolute Gasteiger partial charge is 0.316 e. The number of thioether (sulfide) groups is 2. The number of carbonyl (C=O) groups is 9. The summed E-state index contributed by atoms with van der Waals surface area (Å²) in [6, 6.07) is 11.0. The minimum Gasteiger partial charge on any atom is -0.493 e. The van der Waals surface area contributed by atoms with Crippen LogP contribution in [0.4, 0.5) is 11.4 Å². The molecule has 8 N–H and O–H groups in total. The third-order valence-electron chi connectivity index (χ3n) is 25.1. The highest BCUT2D eigenvalue weighted by molar-refractivity contribution is 8.18. The molecule has 694 valence electrons. The summed E-state index contributed by atoms with van der Waals surface area (Å²) in [5, 5.41) is 24.3. The predicted molar refractivity (Wildman–Crippen MR) is 479 cm³/mol. The zero-order valence-electron chi connectivity index (χ0n) is 74.4. The topological polar surface area (TPSA) is 426 Å². The first kappa shape index (κ1) is 101. The first-order chi connectivity index (χ1) is 59.3. The molecule has 9 rings (SSSR count). The minimum absolute atomic E-state index is 0.0293. The number of ether oxygens (including phenoxy) is 5. The number of nitrogens with one attached hydrogen (secondary N) is 6. The number of unbranched alkanes of at least 4 members (excludes halogenated alkanes) is 2. The Balaban J connectivity index is 0.871. The van der Waals surface area contributed by atoms with Gasteiger partial charge in [0.2, 0.25) is 11.8 Å². The Kier molecular flexibility index (Phi) is 37.2. The van der Waals surface area contributed by atoms with Crippen LogP contribution in [0.25, 0.3) is 0 Å². The van der Waals surface area contributed by atoms with Gasteiger partial charge in [0, 0.05) is 115 Å². The number of methoxy groups -OCH3 is 3. The van der Waals surface area contributed by atoms with Crippen molar-refractivity contribution >= 4 is 116 Å². The number of anilines is 2. The molecule has 3 saturated heterocycles. The number of hydrazine groups is 2. The van der Waals surface area contributed by atoms with Crippen molar-refractivity contribution in [1.29, 1.82) is 0 Å². The summed E-state index contributed by atoms with van der Waals surface area (Å²) in [5.74, 6) is -8.09. The van der Waals surface area contributed by atoms with Gasteiger partial charge in [0.05, 0.1) is 116 Å². The van der Waals surface area contributed by atoms with Crippen molar-refractivity contribution in [3.05, 3.63) is 99.8 Å². The minimum atomic E-state index is -4.71. The molecule has 0 radical (unpaired) electrons. The summed E-state index contributed by atoms with van der Waals surface area (Å²) in [6.45, 7) is 18.1. The maximum absolute atomic E-state index is 15.8. The van der Waals surface area contributed by atoms with Gasteiger partial charge in [0.1, 0.15) is 11.5 Å². The van der Waals surface area contributed by atoms with E-state index in [1.807, 2.05) is 85.7 Å². The van der Waals surface area contributed by atoms with Crippen molar-refractivity contribution in [2.24, 2.45) is 47.3 Å². The molecule has 6 aliphatic rings. The number of likely N-dealkylation sites (N-methyl/N-ethyl adjacent to an activating group) is 2. The molecule has 39 heteroatoms. The van der Waals surface area contributed by atoms with Crippen LogP contribution in [0.5, 0.6) is 17.2 Å². The van der Waals surface area contributed by atoms with Crippen LogP contribution in [0.15, 0.2) is 77.6 Å². The predicted octanol–water partition coefficient (Wildman–Crippen LogP) is 9.24. The van der Waals surface area contributed by atoms with E-state index in [1.54, 1.807) is 74.5 Å². The lowest BCUT2D eigenvalue weighted by molar-refractivity contribution is -0.149. The number of rotatable bonds is 43. The van der Waals surface area contributed by atoms with Gasteiger partial charge in [-0.25, -0.2) is 4.67 Å². The summed E-state index contributed by atoms with van der Waals surface area (Å²) < 4.78 is 116. The van der Waals surface area contributed by atoms with Gasteiger partial charge in [-0.15, -0.1) is 23.5 Å². The molecule has 3 aromatic rings. The number of carboxylic acid groups (broad SMARTS) is 1. The second kappa shape index (κ2) is 46.0. The van der Waals surface area contributed by atoms with E-state index in [-0.39, 0.29) is 154 Å². The second-order valence-electron chi connectivity index (χ2n) is 34.4. The number of benzene rings is 3. The van der Waals surface area contributed by atoms with E-state index in [0.717, 1.165) is 12.7 Å². The van der Waals surface area contributed by atoms with Crippen molar-refractivity contribution in [1.82, 2.24) is 50.4 Å². The van der Waals surface area contributed by atoms with Crippen LogP contribution in [-0.2, 0) is 78.4 Å². The zero-order valence-corrected chi connectivity index (χ0v) is 78.6. The monoisotopic (exact) mass is 1840 g/mol. The summed E-state index contributed by atoms with van der Waals surface area (Å²) in [5.41, 5.74) is 7.50. The molecule has 6 heterocycles. The number of amides is 6. The van der Waals surface area contributed by atoms with Gasteiger partial charge < -0.3 is 59.0 Å². The molecule has 3 aromatic carbocycles. The number of fused-ring (bicyclic) bond motifs is 4. The Morgan fingerprint density at radius 2 is 1.34 bits per heavy atom. The molecule has 3 fully saturated rings. The summed E-state index contributed by atoms with van der Waals surface area (Å²) in [7, 11) is -4.33. The van der Waals surface area contributed by atoms with Crippen molar-refractivity contribution < 1.29 is 102 Å². The van der Waals surface area contributed by atoms with Gasteiger partial charge in [-0.3, -0.25) is 72.2 Å². The van der Waals surface area contributed by atoms with Crippen LogP contribution in [0.2, 0.25) is 0 Å². The summed E-state index contributed by atoms with van der Waals surface area (Å²) >= 11 is 2.57. The molecular weight excluding hydrogens is 1710 g/mol. The van der Waals surface area contributed by atoms with E-state index in [4.69, 9.17) is 27.9 Å². The number of carbonyl (C=O) groups excluding carboxylic acids is 8. The lowest BCUT2D eigenvalue weighted by atomic mass is 9.83. The molecule has 15 atom stereocenters. The van der Waals surface area contributed by atoms with Crippen LogP contribution >= 0.6 is 31.1 Å². The number of likely N-dealkylation sites (tertiary alicyclic amines) is 1. The maximum Gasteiger partial charge on any atom is 0.316 e. The van der Waals surface area contributed by atoms with Crippen molar-refractivity contribution in [2.45, 2.75) is 200 Å². The van der Waals surface area contributed by atoms with Gasteiger partial charge in [-0.05, 0) is 135 Å². The number of carboxylic acids is 1. The highest BCUT2D eigenvalue weighted by atomic mass is 32.2. The van der Waals surface area contributed by atoms with Crippen molar-refractivity contribution in [2.75, 3.05) is 116 Å². The number of aliphatic carboxylic acids is 1. The molecule has 0 aromatic heterocycles. The average Bonchev–Trinajstić information content (AvgIpc) is 1.62. The lowest BCUT2D eigenvalue weighted by Gasteiger charge is -2.41. The van der Waals surface area contributed by atoms with E-state index in [1.165, 1.54) is 67.7 Å². The van der Waals surface area contributed by atoms with Crippen LogP contribution in [-0.4, -0.2) is 268 Å². The molecule has 0 aliphatic carbocycles. The number of Topliss-reactive ketones (excluding diaryl/α,β-unsaturated/α-hetero) is 2. The van der Waals surface area contributed by atoms with Crippen LogP contribution in [0, 0.1) is 54.3 Å². The highest BCUT2D eigenvalue weighted by Crippen LogP contribution is 2.45. The number of aryl methyl sites for hydroxylation is 1. The molecule has 6 amide bonds. The van der Waals surface area contributed by atoms with Gasteiger partial charge in [-0.1, -0.05) is 92.1 Å². The standard InChI is InChI=1S/C86H129N12O22PS4/c1-16-55(7)80(75(116-13)47-78(103)96-30-23-26-67(96)81(117-14)57(9)70(99)42-60(86(107)108)40-58-24-19-17-20-25-58)94(11)83(104)61(52(2)3)43-71(100)79(53(4)5)93(10)32-33-95(121(109)91-89-76(101)28-36-122-51-123-37-29-77(102)90-92-121)31-27-59-41-68-66(50-124(110,111)112)87-64-46-74(73(115-12)44-63(64)85(106)98(68)49-59)120-35-22-18-21-34-119-72-45-65-62(39-56(72)8)84(105)97-48-54(6)38-69(97)82(88-65)125(113,114)118-15/h17,19-20,24-25,28-29,36-37,39,44-46,52-55,57,59-61,66-69,75,79-82,87-88H,16,18,21-23,26-27,30-35,38,40-43,47-51H2,1-15H3,(H,89,101)(H,90,102)(H,107,108)(H2,91,92,109)(H,110,111,112)/t54?,55?,57-,59?,60+,61-,66?,67-,68-,69-,75?,79-,80-,81+,82?,121?/m0/s1. The number of nitrogens with zero attached hydrogens (tertiary/aromatic N) is 6. The van der Waals surface area contributed by atoms with E-state index in [0.29, 0.717) is 85.7 Å². The zero-order chi connectivity index (χ0) is 91.5. The second-order valence-corrected chi connectivity index (χ2v) is 42.1. The Labute approximate surface area is 744 Å². The lowest BCUT2D eigenvalue weighted by Crippen LogP contribution is -2.54. The van der Waals surface area contributed by atoms with Crippen molar-refractivity contribution in [3.63, 3.8) is 0 Å². The Bertz CT molecular complexity index is 4590. The molecule has 6 aliphatic heterocycles. The molecule has 0 saturated carbocycles. The number of ketones is 2. The largest absolute Gasteiger partial charge is 0.493 e. The molecular formula is C86H129N12O22PS4. The molecule has 0 bridgehead atoms. The van der Waals surface area contributed by atoms with Gasteiger partial charge in [0.15, 0.2) is 22.7 Å². The van der Waals surface area contributed by atoms with Crippen molar-refractivity contribution in [3.8, 4) is 17.2 Å². The number of hydrogen-bond donors (Lipinski definition) is 8. The van der Waals surface area contributed by atoms with Gasteiger partial charge in [-0.2, -0.15) is 27.2 Å². The normalized spacial score (nSPS) is 23.3. The van der Waals surface area contributed by atoms with Crippen LogP contribution < -0.4 is 46.1 Å². The fourth-order valence-electron chi connectivity index (χ4n) is 18.2. The number of hydrogen-bond acceptors (Lipinski definition) is 25. The summed E-state index contributed by atoms with van der Waals surface area (Å²) in [4.78, 5) is 136. The maximum atomic E-state index is 15.8. The summed E-state index contributed by atoms with van der Waals surface area (Å²) in [6.07, 6.45) is 4.89.